The SMILES string of the molecule is CC(N)C(c1ccc(Cl)cc1)N(CCO)C1CCC1. The van der Waals surface area contributed by atoms with Crippen molar-refractivity contribution in [2.75, 3.05) is 13.2 Å². The normalized spacial score (nSPS) is 19.2. The van der Waals surface area contributed by atoms with Gasteiger partial charge in [0.1, 0.15) is 0 Å². The molecule has 19 heavy (non-hydrogen) atoms. The van der Waals surface area contributed by atoms with Gasteiger partial charge in [0, 0.05) is 29.7 Å². The molecule has 2 atom stereocenters. The molecule has 2 unspecified atom stereocenters. The standard InChI is InChI=1S/C15H23ClN2O/c1-11(17)15(12-5-7-13(16)8-6-12)18(9-10-19)14-3-2-4-14/h5-8,11,14-15,19H,2-4,9-10,17H2,1H3. The molecule has 0 amide bonds. The number of nitrogens with two attached hydrogens (primary N) is 1. The molecule has 0 heterocycles. The van der Waals surface area contributed by atoms with Crippen LogP contribution in [0.3, 0.4) is 0 Å². The average Bonchev–Trinajstić information content (AvgIpc) is 2.29. The van der Waals surface area contributed by atoms with Crippen molar-refractivity contribution in [2.45, 2.75) is 44.3 Å². The van der Waals surface area contributed by atoms with E-state index in [-0.39, 0.29) is 18.7 Å². The van der Waals surface area contributed by atoms with Gasteiger partial charge in [-0.05, 0) is 37.5 Å². The summed E-state index contributed by atoms with van der Waals surface area (Å²) in [5.41, 5.74) is 7.38. The highest BCUT2D eigenvalue weighted by Gasteiger charge is 2.32. The molecule has 0 spiro atoms. The summed E-state index contributed by atoms with van der Waals surface area (Å²) < 4.78 is 0. The van der Waals surface area contributed by atoms with Crippen molar-refractivity contribution in [1.82, 2.24) is 4.90 Å². The van der Waals surface area contributed by atoms with Crippen LogP contribution in [-0.4, -0.2) is 35.2 Å². The van der Waals surface area contributed by atoms with E-state index >= 15 is 0 Å². The van der Waals surface area contributed by atoms with E-state index in [1.165, 1.54) is 24.8 Å². The number of aliphatic hydroxyl groups is 1. The van der Waals surface area contributed by atoms with Gasteiger partial charge in [-0.25, -0.2) is 0 Å². The molecular weight excluding hydrogens is 260 g/mol. The maximum atomic E-state index is 9.32. The topological polar surface area (TPSA) is 49.5 Å². The van der Waals surface area contributed by atoms with Crippen molar-refractivity contribution >= 4 is 11.6 Å². The minimum atomic E-state index is 0.0216. The summed E-state index contributed by atoms with van der Waals surface area (Å²) in [4.78, 5) is 2.36. The van der Waals surface area contributed by atoms with E-state index in [0.29, 0.717) is 12.6 Å². The molecule has 0 aliphatic heterocycles. The lowest BCUT2D eigenvalue weighted by Gasteiger charge is -2.44. The van der Waals surface area contributed by atoms with Crippen LogP contribution >= 0.6 is 11.6 Å². The van der Waals surface area contributed by atoms with Gasteiger partial charge >= 0.3 is 0 Å². The van der Waals surface area contributed by atoms with Gasteiger partial charge in [-0.2, -0.15) is 0 Å². The Bertz CT molecular complexity index is 390. The minimum absolute atomic E-state index is 0.0216. The summed E-state index contributed by atoms with van der Waals surface area (Å²) in [5, 5.41) is 10.1. The summed E-state index contributed by atoms with van der Waals surface area (Å²) in [5.74, 6) is 0. The largest absolute Gasteiger partial charge is 0.395 e. The summed E-state index contributed by atoms with van der Waals surface area (Å²) in [6, 6.07) is 8.62. The van der Waals surface area contributed by atoms with Crippen molar-refractivity contribution in [3.8, 4) is 0 Å². The van der Waals surface area contributed by atoms with Crippen LogP contribution in [0, 0.1) is 0 Å². The van der Waals surface area contributed by atoms with Gasteiger partial charge in [0.2, 0.25) is 0 Å². The van der Waals surface area contributed by atoms with Gasteiger partial charge in [-0.1, -0.05) is 30.2 Å². The third-order valence-corrected chi connectivity index (χ3v) is 4.22. The fraction of sp³-hybridized carbons (Fsp3) is 0.600. The molecule has 1 aliphatic carbocycles. The third-order valence-electron chi connectivity index (χ3n) is 3.97. The number of hydrogen-bond donors (Lipinski definition) is 2. The molecule has 0 radical (unpaired) electrons. The van der Waals surface area contributed by atoms with Crippen molar-refractivity contribution in [1.29, 1.82) is 0 Å². The van der Waals surface area contributed by atoms with Gasteiger partial charge in [0.25, 0.3) is 0 Å². The Morgan fingerprint density at radius 2 is 2.00 bits per heavy atom. The minimum Gasteiger partial charge on any atom is -0.395 e. The molecule has 4 heteroatoms. The number of benzene rings is 1. The van der Waals surface area contributed by atoms with Crippen molar-refractivity contribution in [3.63, 3.8) is 0 Å². The van der Waals surface area contributed by atoms with Crippen LogP contribution in [0.2, 0.25) is 5.02 Å². The van der Waals surface area contributed by atoms with Crippen LogP contribution < -0.4 is 5.73 Å². The van der Waals surface area contributed by atoms with Gasteiger partial charge in [0.15, 0.2) is 0 Å². The first-order chi connectivity index (χ1) is 9.13. The zero-order valence-electron chi connectivity index (χ0n) is 11.4. The fourth-order valence-corrected chi connectivity index (χ4v) is 2.97. The van der Waals surface area contributed by atoms with E-state index in [9.17, 15) is 5.11 Å². The smallest absolute Gasteiger partial charge is 0.0558 e. The van der Waals surface area contributed by atoms with Crippen LogP contribution in [0.5, 0.6) is 0 Å². The second kappa shape index (κ2) is 6.71. The van der Waals surface area contributed by atoms with Crippen molar-refractivity contribution in [3.05, 3.63) is 34.9 Å². The molecule has 0 bridgehead atoms. The summed E-state index contributed by atoms with van der Waals surface area (Å²) in [7, 11) is 0. The molecule has 3 nitrogen and oxygen atoms in total. The molecular formula is C15H23ClN2O. The van der Waals surface area contributed by atoms with E-state index in [4.69, 9.17) is 17.3 Å². The summed E-state index contributed by atoms with van der Waals surface area (Å²) >= 11 is 5.95. The number of halogens is 1. The van der Waals surface area contributed by atoms with Crippen LogP contribution in [0.25, 0.3) is 0 Å². The van der Waals surface area contributed by atoms with Crippen LogP contribution in [0.1, 0.15) is 37.8 Å². The van der Waals surface area contributed by atoms with Crippen molar-refractivity contribution < 1.29 is 5.11 Å². The molecule has 0 saturated heterocycles. The summed E-state index contributed by atoms with van der Waals surface area (Å²) in [6.45, 7) is 2.88. The van der Waals surface area contributed by atoms with Gasteiger partial charge in [-0.3, -0.25) is 4.90 Å². The van der Waals surface area contributed by atoms with Gasteiger partial charge in [-0.15, -0.1) is 0 Å². The van der Waals surface area contributed by atoms with Crippen LogP contribution in [0.15, 0.2) is 24.3 Å². The van der Waals surface area contributed by atoms with Gasteiger partial charge < -0.3 is 10.8 Å². The first kappa shape index (κ1) is 14.8. The molecule has 106 valence electrons. The summed E-state index contributed by atoms with van der Waals surface area (Å²) in [6.07, 6.45) is 3.69. The Kier molecular flexibility index (Phi) is 5.22. The molecule has 1 aliphatic rings. The second-order valence-corrected chi connectivity index (χ2v) is 5.84. The Morgan fingerprint density at radius 3 is 2.42 bits per heavy atom. The molecule has 1 aromatic rings. The fourth-order valence-electron chi connectivity index (χ4n) is 2.84. The van der Waals surface area contributed by atoms with Crippen LogP contribution in [0.4, 0.5) is 0 Å². The van der Waals surface area contributed by atoms with Crippen LogP contribution in [-0.2, 0) is 0 Å². The maximum absolute atomic E-state index is 9.32. The lowest BCUT2D eigenvalue weighted by Crippen LogP contribution is -2.49. The monoisotopic (exact) mass is 282 g/mol. The van der Waals surface area contributed by atoms with Gasteiger partial charge in [0.05, 0.1) is 6.61 Å². The zero-order chi connectivity index (χ0) is 13.8. The van der Waals surface area contributed by atoms with E-state index in [0.717, 1.165) is 5.02 Å². The highest BCUT2D eigenvalue weighted by atomic mass is 35.5. The predicted octanol–water partition coefficient (Wildman–Crippen LogP) is 2.58. The molecule has 1 saturated carbocycles. The van der Waals surface area contributed by atoms with Crippen molar-refractivity contribution in [2.24, 2.45) is 5.73 Å². The first-order valence-electron chi connectivity index (χ1n) is 7.01. The predicted molar refractivity (Wildman–Crippen MR) is 79.3 cm³/mol. The van der Waals surface area contributed by atoms with E-state index in [1.807, 2.05) is 31.2 Å². The molecule has 1 fully saturated rings. The lowest BCUT2D eigenvalue weighted by atomic mass is 9.87. The highest BCUT2D eigenvalue weighted by Crippen LogP contribution is 2.33. The van der Waals surface area contributed by atoms with E-state index in [1.54, 1.807) is 0 Å². The number of aliphatic hydroxyl groups excluding tert-OH is 1. The average molecular weight is 283 g/mol. The maximum Gasteiger partial charge on any atom is 0.0558 e. The number of rotatable bonds is 6. The van der Waals surface area contributed by atoms with E-state index < -0.39 is 0 Å². The Morgan fingerprint density at radius 1 is 1.37 bits per heavy atom. The Labute approximate surface area is 120 Å². The lowest BCUT2D eigenvalue weighted by molar-refractivity contribution is 0.0504. The number of nitrogens with zero attached hydrogens (tertiary/aromatic N) is 1. The third kappa shape index (κ3) is 3.48. The molecule has 2 rings (SSSR count). The Balaban J connectivity index is 2.23. The highest BCUT2D eigenvalue weighted by molar-refractivity contribution is 6.30. The first-order valence-corrected chi connectivity index (χ1v) is 7.39. The number of hydrogen-bond acceptors (Lipinski definition) is 3. The molecule has 1 aromatic carbocycles. The molecule has 0 aromatic heterocycles. The zero-order valence-corrected chi connectivity index (χ0v) is 12.2. The molecule has 3 N–H and O–H groups in total. The van der Waals surface area contributed by atoms with E-state index in [2.05, 4.69) is 4.90 Å². The quantitative estimate of drug-likeness (QED) is 0.843. The Hall–Kier alpha value is -0.610. The second-order valence-electron chi connectivity index (χ2n) is 5.40.